The SMILES string of the molecule is CC(C)c1ccccc1NC(=O)C1CC1C(=O)NC1CC1. The van der Waals surface area contributed by atoms with Crippen molar-refractivity contribution in [2.75, 3.05) is 5.32 Å². The Hall–Kier alpha value is -1.84. The average Bonchev–Trinajstić information content (AvgIpc) is 3.33. The third-order valence-electron chi connectivity index (χ3n) is 4.23. The minimum absolute atomic E-state index is 0.0287. The zero-order chi connectivity index (χ0) is 15.0. The van der Waals surface area contributed by atoms with E-state index in [1.54, 1.807) is 0 Å². The van der Waals surface area contributed by atoms with Crippen LogP contribution in [0.15, 0.2) is 24.3 Å². The molecule has 2 amide bonds. The van der Waals surface area contributed by atoms with Crippen molar-refractivity contribution in [3.05, 3.63) is 29.8 Å². The Balaban J connectivity index is 1.59. The molecule has 0 saturated heterocycles. The summed E-state index contributed by atoms with van der Waals surface area (Å²) in [5.41, 5.74) is 2.00. The number of rotatable bonds is 5. The molecule has 0 aliphatic heterocycles. The van der Waals surface area contributed by atoms with E-state index in [0.29, 0.717) is 18.4 Å². The summed E-state index contributed by atoms with van der Waals surface area (Å²) in [4.78, 5) is 24.2. The standard InChI is InChI=1S/C17H22N2O2/c1-10(2)12-5-3-4-6-15(12)19-17(21)14-9-13(14)16(20)18-11-7-8-11/h3-6,10-11,13-14H,7-9H2,1-2H3,(H,18,20)(H,19,21). The maximum atomic E-state index is 12.3. The molecule has 0 radical (unpaired) electrons. The van der Waals surface area contributed by atoms with E-state index in [-0.39, 0.29) is 23.7 Å². The molecule has 1 aromatic rings. The largest absolute Gasteiger partial charge is 0.353 e. The lowest BCUT2D eigenvalue weighted by atomic mass is 10.0. The second-order valence-electron chi connectivity index (χ2n) is 6.46. The zero-order valence-corrected chi connectivity index (χ0v) is 12.6. The summed E-state index contributed by atoms with van der Waals surface area (Å²) in [6.07, 6.45) is 2.84. The Labute approximate surface area is 125 Å². The van der Waals surface area contributed by atoms with Crippen LogP contribution >= 0.6 is 0 Å². The fourth-order valence-corrected chi connectivity index (χ4v) is 2.65. The van der Waals surface area contributed by atoms with Crippen LogP contribution in [0.1, 0.15) is 44.6 Å². The van der Waals surface area contributed by atoms with Crippen LogP contribution in [-0.4, -0.2) is 17.9 Å². The molecule has 2 aliphatic rings. The summed E-state index contributed by atoms with van der Waals surface area (Å²) in [6, 6.07) is 8.22. The van der Waals surface area contributed by atoms with Crippen molar-refractivity contribution in [3.63, 3.8) is 0 Å². The molecule has 0 spiro atoms. The van der Waals surface area contributed by atoms with Crippen molar-refractivity contribution in [3.8, 4) is 0 Å². The summed E-state index contributed by atoms with van der Waals surface area (Å²) in [6.45, 7) is 4.21. The van der Waals surface area contributed by atoms with Crippen LogP contribution in [0.5, 0.6) is 0 Å². The molecule has 21 heavy (non-hydrogen) atoms. The number of amides is 2. The van der Waals surface area contributed by atoms with Crippen LogP contribution in [0.3, 0.4) is 0 Å². The van der Waals surface area contributed by atoms with Crippen LogP contribution in [0.25, 0.3) is 0 Å². The number of hydrogen-bond donors (Lipinski definition) is 2. The molecule has 4 nitrogen and oxygen atoms in total. The lowest BCUT2D eigenvalue weighted by molar-refractivity contribution is -0.125. The van der Waals surface area contributed by atoms with Crippen LogP contribution in [-0.2, 0) is 9.59 Å². The molecule has 4 heteroatoms. The first kappa shape index (κ1) is 14.1. The Morgan fingerprint density at radius 1 is 1.10 bits per heavy atom. The van der Waals surface area contributed by atoms with Crippen LogP contribution in [0, 0.1) is 11.8 Å². The van der Waals surface area contributed by atoms with E-state index >= 15 is 0 Å². The Bertz CT molecular complexity index is 564. The highest BCUT2D eigenvalue weighted by molar-refractivity contribution is 6.00. The topological polar surface area (TPSA) is 58.2 Å². The fourth-order valence-electron chi connectivity index (χ4n) is 2.65. The van der Waals surface area contributed by atoms with E-state index in [1.807, 2.05) is 24.3 Å². The smallest absolute Gasteiger partial charge is 0.228 e. The van der Waals surface area contributed by atoms with Gasteiger partial charge in [0.15, 0.2) is 0 Å². The Kier molecular flexibility index (Phi) is 3.70. The molecule has 0 heterocycles. The molecule has 2 unspecified atom stereocenters. The van der Waals surface area contributed by atoms with Crippen molar-refractivity contribution in [1.82, 2.24) is 5.32 Å². The lowest BCUT2D eigenvalue weighted by Gasteiger charge is -2.13. The van der Waals surface area contributed by atoms with Gasteiger partial charge in [-0.05, 0) is 36.8 Å². The minimum Gasteiger partial charge on any atom is -0.353 e. The summed E-state index contributed by atoms with van der Waals surface area (Å²) < 4.78 is 0. The van der Waals surface area contributed by atoms with Gasteiger partial charge in [0.05, 0.1) is 11.8 Å². The van der Waals surface area contributed by atoms with Crippen molar-refractivity contribution >= 4 is 17.5 Å². The van der Waals surface area contributed by atoms with Gasteiger partial charge in [-0.25, -0.2) is 0 Å². The second kappa shape index (κ2) is 5.51. The lowest BCUT2D eigenvalue weighted by Crippen LogP contribution is -2.29. The molecule has 2 N–H and O–H groups in total. The number of nitrogens with one attached hydrogen (secondary N) is 2. The first-order chi connectivity index (χ1) is 10.1. The molecular formula is C17H22N2O2. The molecule has 2 saturated carbocycles. The van der Waals surface area contributed by atoms with Crippen molar-refractivity contribution < 1.29 is 9.59 Å². The Morgan fingerprint density at radius 2 is 1.76 bits per heavy atom. The molecule has 3 rings (SSSR count). The van der Waals surface area contributed by atoms with Gasteiger partial charge in [0.2, 0.25) is 11.8 Å². The first-order valence-electron chi connectivity index (χ1n) is 7.76. The maximum absolute atomic E-state index is 12.3. The monoisotopic (exact) mass is 286 g/mol. The van der Waals surface area contributed by atoms with Gasteiger partial charge in [-0.2, -0.15) is 0 Å². The number of benzene rings is 1. The van der Waals surface area contributed by atoms with E-state index in [1.165, 1.54) is 0 Å². The molecule has 0 bridgehead atoms. The van der Waals surface area contributed by atoms with Crippen molar-refractivity contribution in [1.29, 1.82) is 0 Å². The molecular weight excluding hydrogens is 264 g/mol. The van der Waals surface area contributed by atoms with E-state index < -0.39 is 0 Å². The molecule has 2 aliphatic carbocycles. The summed E-state index contributed by atoms with van der Waals surface area (Å²) in [5, 5.41) is 5.96. The number of anilines is 1. The van der Waals surface area contributed by atoms with Gasteiger partial charge in [-0.15, -0.1) is 0 Å². The quantitative estimate of drug-likeness (QED) is 0.874. The van der Waals surface area contributed by atoms with Gasteiger partial charge in [-0.1, -0.05) is 32.0 Å². The third-order valence-corrected chi connectivity index (χ3v) is 4.23. The maximum Gasteiger partial charge on any atom is 0.228 e. The summed E-state index contributed by atoms with van der Waals surface area (Å²) >= 11 is 0. The highest BCUT2D eigenvalue weighted by Gasteiger charge is 2.48. The third kappa shape index (κ3) is 3.26. The van der Waals surface area contributed by atoms with E-state index in [4.69, 9.17) is 0 Å². The number of para-hydroxylation sites is 1. The Morgan fingerprint density at radius 3 is 2.43 bits per heavy atom. The van der Waals surface area contributed by atoms with Crippen molar-refractivity contribution in [2.24, 2.45) is 11.8 Å². The van der Waals surface area contributed by atoms with Gasteiger partial charge in [0, 0.05) is 11.7 Å². The van der Waals surface area contributed by atoms with Gasteiger partial charge in [-0.3, -0.25) is 9.59 Å². The average molecular weight is 286 g/mol. The van der Waals surface area contributed by atoms with Crippen LogP contribution < -0.4 is 10.6 Å². The summed E-state index contributed by atoms with van der Waals surface area (Å²) in [7, 11) is 0. The van der Waals surface area contributed by atoms with E-state index in [0.717, 1.165) is 24.1 Å². The number of hydrogen-bond acceptors (Lipinski definition) is 2. The van der Waals surface area contributed by atoms with Gasteiger partial charge in [0.1, 0.15) is 0 Å². The highest BCUT2D eigenvalue weighted by Crippen LogP contribution is 2.40. The van der Waals surface area contributed by atoms with Gasteiger partial charge < -0.3 is 10.6 Å². The minimum atomic E-state index is -0.163. The van der Waals surface area contributed by atoms with E-state index in [2.05, 4.69) is 24.5 Å². The summed E-state index contributed by atoms with van der Waals surface area (Å²) in [5.74, 6) is 0.0873. The first-order valence-corrected chi connectivity index (χ1v) is 7.76. The van der Waals surface area contributed by atoms with Gasteiger partial charge >= 0.3 is 0 Å². The molecule has 2 fully saturated rings. The number of carbonyl (C=O) groups is 2. The van der Waals surface area contributed by atoms with Crippen LogP contribution in [0.4, 0.5) is 5.69 Å². The highest BCUT2D eigenvalue weighted by atomic mass is 16.2. The predicted octanol–water partition coefficient (Wildman–Crippen LogP) is 2.66. The fraction of sp³-hybridized carbons (Fsp3) is 0.529. The zero-order valence-electron chi connectivity index (χ0n) is 12.6. The molecule has 0 aromatic heterocycles. The molecule has 1 aromatic carbocycles. The normalized spacial score (nSPS) is 23.8. The van der Waals surface area contributed by atoms with E-state index in [9.17, 15) is 9.59 Å². The van der Waals surface area contributed by atoms with Crippen LogP contribution in [0.2, 0.25) is 0 Å². The molecule has 112 valence electrons. The molecule has 2 atom stereocenters. The van der Waals surface area contributed by atoms with Crippen molar-refractivity contribution in [2.45, 2.75) is 45.1 Å². The predicted molar refractivity (Wildman–Crippen MR) is 81.9 cm³/mol. The second-order valence-corrected chi connectivity index (χ2v) is 6.46. The van der Waals surface area contributed by atoms with Gasteiger partial charge in [0.25, 0.3) is 0 Å². The number of carbonyl (C=O) groups excluding carboxylic acids is 2.